The van der Waals surface area contributed by atoms with Crippen LogP contribution in [0.5, 0.6) is 5.88 Å². The Bertz CT molecular complexity index is 1390. The highest BCUT2D eigenvalue weighted by Gasteiger charge is 2.19. The summed E-state index contributed by atoms with van der Waals surface area (Å²) >= 11 is 6.50. The molecule has 176 valence electrons. The summed E-state index contributed by atoms with van der Waals surface area (Å²) in [4.78, 5) is 17.2. The number of benzene rings is 1. The van der Waals surface area contributed by atoms with E-state index in [-0.39, 0.29) is 12.5 Å². The monoisotopic (exact) mass is 479 g/mol. The van der Waals surface area contributed by atoms with Crippen LogP contribution < -0.4 is 10.1 Å². The van der Waals surface area contributed by atoms with Gasteiger partial charge in [-0.3, -0.25) is 4.79 Å². The molecule has 0 saturated heterocycles. The van der Waals surface area contributed by atoms with Crippen LogP contribution in [0.1, 0.15) is 36.3 Å². The molecule has 1 aliphatic rings. The van der Waals surface area contributed by atoms with E-state index in [4.69, 9.17) is 16.3 Å². The average Bonchev–Trinajstić information content (AvgIpc) is 3.24. The molecule has 0 atom stereocenters. The zero-order valence-electron chi connectivity index (χ0n) is 19.4. The summed E-state index contributed by atoms with van der Waals surface area (Å²) in [5.41, 5.74) is 3.98. The van der Waals surface area contributed by atoms with Crippen molar-refractivity contribution in [2.75, 3.05) is 11.9 Å². The van der Waals surface area contributed by atoms with Crippen LogP contribution in [-0.4, -0.2) is 42.0 Å². The number of fused-ring (bicyclic) bond motifs is 2. The van der Waals surface area contributed by atoms with Gasteiger partial charge in [0.15, 0.2) is 18.1 Å². The van der Waals surface area contributed by atoms with Crippen molar-refractivity contribution in [3.63, 3.8) is 0 Å². The third-order valence-electron chi connectivity index (χ3n) is 6.03. The van der Waals surface area contributed by atoms with E-state index in [0.29, 0.717) is 16.6 Å². The predicted molar refractivity (Wildman–Crippen MR) is 130 cm³/mol. The third-order valence-corrected chi connectivity index (χ3v) is 6.36. The first-order valence-electron chi connectivity index (χ1n) is 11.4. The number of halogens is 1. The second-order valence-electron chi connectivity index (χ2n) is 8.64. The standard InChI is InChI=1S/C24H26ClN7O2/c1-14-11-15(2)26-23-21(14)24(30-31(23)3)34-13-20(33)27-16-8-9-18(25)17(12-16)22-29-28-19-7-5-4-6-10-32(19)22/h8-9,11-12H,4-7,10,13H2,1-3H3,(H,27,33). The van der Waals surface area contributed by atoms with Gasteiger partial charge in [0.1, 0.15) is 5.82 Å². The molecular formula is C24H26ClN7O2. The number of hydrogen-bond acceptors (Lipinski definition) is 6. The second-order valence-corrected chi connectivity index (χ2v) is 9.05. The molecule has 0 saturated carbocycles. The lowest BCUT2D eigenvalue weighted by Gasteiger charge is -2.11. The maximum absolute atomic E-state index is 12.7. The van der Waals surface area contributed by atoms with Crippen molar-refractivity contribution in [2.24, 2.45) is 7.05 Å². The van der Waals surface area contributed by atoms with Crippen LogP contribution in [0, 0.1) is 13.8 Å². The predicted octanol–water partition coefficient (Wildman–Crippen LogP) is 4.24. The van der Waals surface area contributed by atoms with Crippen LogP contribution in [0.3, 0.4) is 0 Å². The maximum Gasteiger partial charge on any atom is 0.262 e. The van der Waals surface area contributed by atoms with Gasteiger partial charge >= 0.3 is 0 Å². The molecule has 1 aromatic carbocycles. The number of carbonyl (C=O) groups excluding carboxylic acids is 1. The Kier molecular flexibility index (Phi) is 5.95. The number of anilines is 1. The third kappa shape index (κ3) is 4.23. The number of ether oxygens (including phenoxy) is 1. The number of pyridine rings is 1. The number of nitrogens with zero attached hydrogens (tertiary/aromatic N) is 6. The minimum Gasteiger partial charge on any atom is -0.466 e. The lowest BCUT2D eigenvalue weighted by molar-refractivity contribution is -0.118. The van der Waals surface area contributed by atoms with Gasteiger partial charge in [0.25, 0.3) is 5.91 Å². The number of nitrogens with one attached hydrogen (secondary N) is 1. The number of carbonyl (C=O) groups is 1. The van der Waals surface area contributed by atoms with E-state index in [9.17, 15) is 4.79 Å². The van der Waals surface area contributed by atoms with E-state index in [1.54, 1.807) is 16.8 Å². The van der Waals surface area contributed by atoms with E-state index < -0.39 is 0 Å². The SMILES string of the molecule is Cc1cc(C)c2c(OCC(=O)Nc3ccc(Cl)c(-c4nnc5n4CCCCC5)c3)nn(C)c2n1. The van der Waals surface area contributed by atoms with Gasteiger partial charge in [-0.1, -0.05) is 18.0 Å². The van der Waals surface area contributed by atoms with E-state index in [1.807, 2.05) is 33.0 Å². The molecule has 3 aromatic heterocycles. The first-order valence-corrected chi connectivity index (χ1v) is 11.7. The van der Waals surface area contributed by atoms with E-state index in [1.165, 1.54) is 6.42 Å². The minimum absolute atomic E-state index is 0.183. The summed E-state index contributed by atoms with van der Waals surface area (Å²) in [7, 11) is 1.81. The fraction of sp³-hybridized carbons (Fsp3) is 0.375. The molecule has 0 spiro atoms. The van der Waals surface area contributed by atoms with Crippen LogP contribution in [-0.2, 0) is 24.8 Å². The number of amides is 1. The first-order chi connectivity index (χ1) is 16.4. The van der Waals surface area contributed by atoms with Crippen molar-refractivity contribution >= 4 is 34.2 Å². The molecule has 10 heteroatoms. The number of rotatable bonds is 5. The molecule has 0 fully saturated rings. The first kappa shape index (κ1) is 22.3. The molecular weight excluding hydrogens is 454 g/mol. The summed E-state index contributed by atoms with van der Waals surface area (Å²) in [5, 5.41) is 17.4. The van der Waals surface area contributed by atoms with Gasteiger partial charge in [0.2, 0.25) is 5.88 Å². The van der Waals surface area contributed by atoms with Crippen LogP contribution in [0.15, 0.2) is 24.3 Å². The highest BCUT2D eigenvalue weighted by molar-refractivity contribution is 6.33. The topological polar surface area (TPSA) is 99.7 Å². The number of hydrogen-bond donors (Lipinski definition) is 1. The van der Waals surface area contributed by atoms with Crippen LogP contribution in [0.2, 0.25) is 5.02 Å². The molecule has 1 aliphatic heterocycles. The zero-order chi connectivity index (χ0) is 23.8. The van der Waals surface area contributed by atoms with Crippen LogP contribution >= 0.6 is 11.6 Å². The molecule has 0 radical (unpaired) electrons. The summed E-state index contributed by atoms with van der Waals surface area (Å²) in [5.74, 6) is 1.80. The molecule has 1 amide bonds. The van der Waals surface area contributed by atoms with Crippen molar-refractivity contribution in [1.29, 1.82) is 0 Å². The van der Waals surface area contributed by atoms with Gasteiger partial charge in [-0.25, -0.2) is 9.67 Å². The van der Waals surface area contributed by atoms with Crippen molar-refractivity contribution < 1.29 is 9.53 Å². The molecule has 34 heavy (non-hydrogen) atoms. The molecule has 0 unspecified atom stereocenters. The highest BCUT2D eigenvalue weighted by atomic mass is 35.5. The second kappa shape index (κ2) is 9.06. The minimum atomic E-state index is -0.301. The Hall–Kier alpha value is -3.46. The molecule has 9 nitrogen and oxygen atoms in total. The van der Waals surface area contributed by atoms with Gasteiger partial charge in [-0.2, -0.15) is 0 Å². The Morgan fingerprint density at radius 2 is 2.03 bits per heavy atom. The van der Waals surface area contributed by atoms with Crippen molar-refractivity contribution in [3.8, 4) is 17.3 Å². The summed E-state index contributed by atoms with van der Waals surface area (Å²) < 4.78 is 9.57. The molecule has 5 rings (SSSR count). The average molecular weight is 480 g/mol. The quantitative estimate of drug-likeness (QED) is 0.459. The molecule has 1 N–H and O–H groups in total. The molecule has 4 aromatic rings. The van der Waals surface area contributed by atoms with E-state index >= 15 is 0 Å². The molecule has 0 aliphatic carbocycles. The largest absolute Gasteiger partial charge is 0.466 e. The van der Waals surface area contributed by atoms with Crippen LogP contribution in [0.25, 0.3) is 22.4 Å². The van der Waals surface area contributed by atoms with Crippen LogP contribution in [0.4, 0.5) is 5.69 Å². The highest BCUT2D eigenvalue weighted by Crippen LogP contribution is 2.31. The van der Waals surface area contributed by atoms with E-state index in [2.05, 4.69) is 30.2 Å². The summed E-state index contributed by atoms with van der Waals surface area (Å²) in [6.07, 6.45) is 4.28. The lowest BCUT2D eigenvalue weighted by atomic mass is 10.1. The zero-order valence-corrected chi connectivity index (χ0v) is 20.2. The summed E-state index contributed by atoms with van der Waals surface area (Å²) in [6, 6.07) is 7.32. The van der Waals surface area contributed by atoms with Gasteiger partial charge in [0, 0.05) is 37.0 Å². The summed E-state index contributed by atoms with van der Waals surface area (Å²) in [6.45, 7) is 4.60. The Morgan fingerprint density at radius 1 is 1.18 bits per heavy atom. The lowest BCUT2D eigenvalue weighted by Crippen LogP contribution is -2.20. The maximum atomic E-state index is 12.7. The normalized spacial score (nSPS) is 13.5. The fourth-order valence-corrected chi connectivity index (χ4v) is 4.64. The van der Waals surface area contributed by atoms with Gasteiger partial charge in [0.05, 0.1) is 10.4 Å². The Morgan fingerprint density at radius 3 is 2.88 bits per heavy atom. The van der Waals surface area contributed by atoms with E-state index in [0.717, 1.165) is 65.3 Å². The van der Waals surface area contributed by atoms with Crippen molar-refractivity contribution in [1.82, 2.24) is 29.5 Å². The fourth-order valence-electron chi connectivity index (χ4n) is 4.44. The Balaban J connectivity index is 1.33. The number of aryl methyl sites for hydroxylation is 4. The van der Waals surface area contributed by atoms with Gasteiger partial charge in [-0.15, -0.1) is 15.3 Å². The molecule has 0 bridgehead atoms. The van der Waals surface area contributed by atoms with Gasteiger partial charge in [-0.05, 0) is 56.5 Å². The van der Waals surface area contributed by atoms with Crippen molar-refractivity contribution in [3.05, 3.63) is 46.4 Å². The van der Waals surface area contributed by atoms with Gasteiger partial charge < -0.3 is 14.6 Å². The Labute approximate surface area is 202 Å². The molecule has 4 heterocycles. The van der Waals surface area contributed by atoms with Crippen molar-refractivity contribution in [2.45, 2.75) is 46.1 Å². The number of aromatic nitrogens is 6. The smallest absolute Gasteiger partial charge is 0.262 e.